The second-order valence-corrected chi connectivity index (χ2v) is 5.99. The van der Waals surface area contributed by atoms with Crippen LogP contribution >= 0.6 is 0 Å². The number of carbonyl (C=O) groups is 1. The highest BCUT2D eigenvalue weighted by atomic mass is 16.2. The first-order chi connectivity index (χ1) is 10.7. The van der Waals surface area contributed by atoms with Gasteiger partial charge in [-0.2, -0.15) is 0 Å². The molecule has 2 aromatic carbocycles. The zero-order valence-corrected chi connectivity index (χ0v) is 13.1. The van der Waals surface area contributed by atoms with Gasteiger partial charge in [0.1, 0.15) is 0 Å². The minimum absolute atomic E-state index is 0.132. The lowest BCUT2D eigenvalue weighted by Gasteiger charge is -2.39. The Labute approximate surface area is 132 Å². The van der Waals surface area contributed by atoms with E-state index in [1.54, 1.807) is 0 Å². The summed E-state index contributed by atoms with van der Waals surface area (Å²) in [6.07, 6.45) is 0. The maximum absolute atomic E-state index is 12.9. The standard InChI is InChI=1S/C19H22N2O/c1-14-8-6-7-11-17(14)19(22)21-13-18(20-12-15(21)2)16-9-4-3-5-10-16/h3-11,15,18,20H,12-13H2,1-2H3. The van der Waals surface area contributed by atoms with Gasteiger partial charge in [-0.05, 0) is 31.0 Å². The normalized spacial score (nSPS) is 21.6. The molecule has 2 aromatic rings. The summed E-state index contributed by atoms with van der Waals surface area (Å²) in [5.74, 6) is 0.132. The average molecular weight is 294 g/mol. The fourth-order valence-corrected chi connectivity index (χ4v) is 3.02. The van der Waals surface area contributed by atoms with Gasteiger partial charge in [0.2, 0.25) is 0 Å². The minimum atomic E-state index is 0.132. The number of aryl methyl sites for hydroxylation is 1. The fraction of sp³-hybridized carbons (Fsp3) is 0.316. The van der Waals surface area contributed by atoms with Crippen molar-refractivity contribution < 1.29 is 4.79 Å². The van der Waals surface area contributed by atoms with Crippen LogP contribution in [0.3, 0.4) is 0 Å². The number of piperazine rings is 1. The number of carbonyl (C=O) groups excluding carboxylic acids is 1. The van der Waals surface area contributed by atoms with Crippen molar-refractivity contribution in [2.75, 3.05) is 13.1 Å². The maximum Gasteiger partial charge on any atom is 0.254 e. The van der Waals surface area contributed by atoms with E-state index in [9.17, 15) is 4.79 Å². The molecule has 22 heavy (non-hydrogen) atoms. The van der Waals surface area contributed by atoms with Crippen LogP contribution in [0.15, 0.2) is 54.6 Å². The zero-order valence-electron chi connectivity index (χ0n) is 13.1. The summed E-state index contributed by atoms with van der Waals surface area (Å²) in [5.41, 5.74) is 3.08. The predicted molar refractivity (Wildman–Crippen MR) is 88.9 cm³/mol. The van der Waals surface area contributed by atoms with Crippen LogP contribution in [-0.2, 0) is 0 Å². The molecular weight excluding hydrogens is 272 g/mol. The first-order valence-electron chi connectivity index (χ1n) is 7.81. The highest BCUT2D eigenvalue weighted by Crippen LogP contribution is 2.22. The van der Waals surface area contributed by atoms with E-state index in [2.05, 4.69) is 24.4 Å². The first-order valence-corrected chi connectivity index (χ1v) is 7.81. The van der Waals surface area contributed by atoms with Crippen molar-refractivity contribution in [3.8, 4) is 0 Å². The van der Waals surface area contributed by atoms with Crippen LogP contribution in [0, 0.1) is 6.92 Å². The lowest BCUT2D eigenvalue weighted by molar-refractivity contribution is 0.0606. The highest BCUT2D eigenvalue weighted by molar-refractivity contribution is 5.96. The number of amides is 1. The molecule has 3 heteroatoms. The summed E-state index contributed by atoms with van der Waals surface area (Å²) in [6, 6.07) is 18.6. The number of benzene rings is 2. The second-order valence-electron chi connectivity index (χ2n) is 5.99. The molecule has 2 unspecified atom stereocenters. The van der Waals surface area contributed by atoms with E-state index in [0.717, 1.165) is 17.7 Å². The molecule has 1 heterocycles. The van der Waals surface area contributed by atoms with Crippen LogP contribution in [0.2, 0.25) is 0 Å². The number of nitrogens with one attached hydrogen (secondary N) is 1. The van der Waals surface area contributed by atoms with E-state index >= 15 is 0 Å². The van der Waals surface area contributed by atoms with Gasteiger partial charge in [-0.3, -0.25) is 4.79 Å². The minimum Gasteiger partial charge on any atom is -0.333 e. The Morgan fingerprint density at radius 1 is 1.09 bits per heavy atom. The lowest BCUT2D eigenvalue weighted by atomic mass is 10.0. The molecule has 0 aliphatic carbocycles. The molecule has 0 aromatic heterocycles. The number of rotatable bonds is 2. The van der Waals surface area contributed by atoms with Crippen LogP contribution in [0.5, 0.6) is 0 Å². The summed E-state index contributed by atoms with van der Waals surface area (Å²) < 4.78 is 0. The molecule has 1 saturated heterocycles. The van der Waals surface area contributed by atoms with E-state index in [4.69, 9.17) is 0 Å². The summed E-state index contributed by atoms with van der Waals surface area (Å²) >= 11 is 0. The van der Waals surface area contributed by atoms with Crippen molar-refractivity contribution in [3.63, 3.8) is 0 Å². The molecule has 0 bridgehead atoms. The zero-order chi connectivity index (χ0) is 15.5. The molecule has 1 amide bonds. The van der Waals surface area contributed by atoms with Crippen molar-refractivity contribution in [1.82, 2.24) is 10.2 Å². The predicted octanol–water partition coefficient (Wildman–Crippen LogP) is 3.17. The average Bonchev–Trinajstić information content (AvgIpc) is 2.56. The Hall–Kier alpha value is -2.13. The van der Waals surface area contributed by atoms with Crippen molar-refractivity contribution in [3.05, 3.63) is 71.3 Å². The van der Waals surface area contributed by atoms with Crippen LogP contribution in [-0.4, -0.2) is 29.9 Å². The van der Waals surface area contributed by atoms with Gasteiger partial charge in [-0.15, -0.1) is 0 Å². The van der Waals surface area contributed by atoms with E-state index in [-0.39, 0.29) is 18.0 Å². The molecule has 1 N–H and O–H groups in total. The number of nitrogens with zero attached hydrogens (tertiary/aromatic N) is 1. The summed E-state index contributed by atoms with van der Waals surface area (Å²) in [6.45, 7) is 5.62. The molecule has 1 fully saturated rings. The number of hydrogen-bond donors (Lipinski definition) is 1. The Morgan fingerprint density at radius 2 is 1.77 bits per heavy atom. The van der Waals surface area contributed by atoms with Gasteiger partial charge in [0, 0.05) is 30.7 Å². The SMILES string of the molecule is Cc1ccccc1C(=O)N1CC(c2ccccc2)NCC1C. The first kappa shape index (κ1) is 14.8. The Balaban J connectivity index is 1.83. The molecule has 0 radical (unpaired) electrons. The molecule has 0 spiro atoms. The molecule has 1 aliphatic heterocycles. The molecule has 1 aliphatic rings. The molecule has 2 atom stereocenters. The van der Waals surface area contributed by atoms with Crippen LogP contribution < -0.4 is 5.32 Å². The third-order valence-corrected chi connectivity index (χ3v) is 4.41. The van der Waals surface area contributed by atoms with Crippen LogP contribution in [0.25, 0.3) is 0 Å². The number of hydrogen-bond acceptors (Lipinski definition) is 2. The molecule has 3 rings (SSSR count). The molecule has 3 nitrogen and oxygen atoms in total. The lowest BCUT2D eigenvalue weighted by Crippen LogP contribution is -2.53. The summed E-state index contributed by atoms with van der Waals surface area (Å²) in [4.78, 5) is 14.9. The van der Waals surface area contributed by atoms with Gasteiger partial charge in [0.15, 0.2) is 0 Å². The van der Waals surface area contributed by atoms with Gasteiger partial charge < -0.3 is 10.2 Å². The Kier molecular flexibility index (Phi) is 4.25. The van der Waals surface area contributed by atoms with Crippen molar-refractivity contribution >= 4 is 5.91 Å². The third kappa shape index (κ3) is 2.90. The molecule has 114 valence electrons. The van der Waals surface area contributed by atoms with E-state index in [0.29, 0.717) is 6.54 Å². The van der Waals surface area contributed by atoms with Gasteiger partial charge in [0.05, 0.1) is 0 Å². The second kappa shape index (κ2) is 6.32. The van der Waals surface area contributed by atoms with E-state index < -0.39 is 0 Å². The van der Waals surface area contributed by atoms with Crippen molar-refractivity contribution in [1.29, 1.82) is 0 Å². The van der Waals surface area contributed by atoms with Gasteiger partial charge >= 0.3 is 0 Å². The third-order valence-electron chi connectivity index (χ3n) is 4.41. The maximum atomic E-state index is 12.9. The summed E-state index contributed by atoms with van der Waals surface area (Å²) in [7, 11) is 0. The van der Waals surface area contributed by atoms with Gasteiger partial charge in [0.25, 0.3) is 5.91 Å². The summed E-state index contributed by atoms with van der Waals surface area (Å²) in [5, 5.41) is 3.54. The van der Waals surface area contributed by atoms with Crippen molar-refractivity contribution in [2.24, 2.45) is 0 Å². The fourth-order valence-electron chi connectivity index (χ4n) is 3.02. The van der Waals surface area contributed by atoms with Crippen molar-refractivity contribution in [2.45, 2.75) is 25.9 Å². The molecule has 0 saturated carbocycles. The Bertz CT molecular complexity index is 653. The molecular formula is C19H22N2O. The largest absolute Gasteiger partial charge is 0.333 e. The Morgan fingerprint density at radius 3 is 2.50 bits per heavy atom. The highest BCUT2D eigenvalue weighted by Gasteiger charge is 2.30. The quantitative estimate of drug-likeness (QED) is 0.922. The van der Waals surface area contributed by atoms with Crippen LogP contribution in [0.1, 0.15) is 34.5 Å². The van der Waals surface area contributed by atoms with Crippen LogP contribution in [0.4, 0.5) is 0 Å². The van der Waals surface area contributed by atoms with Gasteiger partial charge in [-0.1, -0.05) is 48.5 Å². The van der Waals surface area contributed by atoms with E-state index in [1.807, 2.05) is 54.3 Å². The van der Waals surface area contributed by atoms with E-state index in [1.165, 1.54) is 5.56 Å². The van der Waals surface area contributed by atoms with Gasteiger partial charge in [-0.25, -0.2) is 0 Å². The monoisotopic (exact) mass is 294 g/mol. The smallest absolute Gasteiger partial charge is 0.254 e. The topological polar surface area (TPSA) is 32.3 Å².